The van der Waals surface area contributed by atoms with Gasteiger partial charge < -0.3 is 58.5 Å². The molecule has 13 nitrogen and oxygen atoms in total. The molecule has 0 spiro atoms. The van der Waals surface area contributed by atoms with E-state index in [0.717, 1.165) is 5.57 Å². The molecule has 0 saturated carbocycles. The molecule has 2 bridgehead atoms. The maximum absolute atomic E-state index is 14.1. The third-order valence-corrected chi connectivity index (χ3v) is 12.0. The van der Waals surface area contributed by atoms with E-state index >= 15 is 0 Å². The minimum atomic E-state index is -1.82. The van der Waals surface area contributed by atoms with Crippen LogP contribution in [0.2, 0.25) is 0 Å². The molecule has 13 heteroatoms. The van der Waals surface area contributed by atoms with E-state index in [-0.39, 0.29) is 25.0 Å². The SMILES string of the molecule is CCC1OC(=O)C(C)C(OC2C[C@@](C)(OC)C(O)C(C)O2)C(C)C(OC2OC(C)CC(N(C)C)C2O)[C@@]2(C)CC(C)=C(O2)C(C)C(O)[C@]1(C)O. The summed E-state index contributed by atoms with van der Waals surface area (Å²) in [4.78, 5) is 16.1. The number of carbonyl (C=O) groups excluding carboxylic acids is 1. The van der Waals surface area contributed by atoms with Gasteiger partial charge in [-0.1, -0.05) is 20.8 Å². The van der Waals surface area contributed by atoms with Crippen LogP contribution in [0.15, 0.2) is 11.3 Å². The van der Waals surface area contributed by atoms with Crippen molar-refractivity contribution in [2.45, 2.75) is 179 Å². The maximum Gasteiger partial charge on any atom is 0.311 e. The van der Waals surface area contributed by atoms with Crippen molar-refractivity contribution in [2.24, 2.45) is 17.8 Å². The second-order valence-corrected chi connectivity index (χ2v) is 16.3. The smallest absolute Gasteiger partial charge is 0.311 e. The van der Waals surface area contributed by atoms with Crippen LogP contribution in [-0.4, -0.2) is 137 Å². The average molecular weight is 716 g/mol. The zero-order chi connectivity index (χ0) is 37.7. The summed E-state index contributed by atoms with van der Waals surface area (Å²) in [7, 11) is 5.34. The number of esters is 1. The molecule has 3 saturated heterocycles. The largest absolute Gasteiger partial charge is 0.489 e. The predicted octanol–water partition coefficient (Wildman–Crippen LogP) is 2.89. The summed E-state index contributed by atoms with van der Waals surface area (Å²) in [5.74, 6) is -2.31. The summed E-state index contributed by atoms with van der Waals surface area (Å²) in [6.07, 6.45) is -7.39. The number of cyclic esters (lactones) is 1. The van der Waals surface area contributed by atoms with Crippen molar-refractivity contribution < 1.29 is 58.4 Å². The first-order valence-corrected chi connectivity index (χ1v) is 18.3. The van der Waals surface area contributed by atoms with Gasteiger partial charge in [0.25, 0.3) is 0 Å². The third kappa shape index (κ3) is 7.93. The number of likely N-dealkylation sites (N-methyl/N-ethyl adjacent to an activating group) is 1. The molecule has 17 atom stereocenters. The van der Waals surface area contributed by atoms with Crippen molar-refractivity contribution >= 4 is 5.97 Å². The molecular weight excluding hydrogens is 650 g/mol. The molecule has 0 aromatic heterocycles. The fourth-order valence-corrected chi connectivity index (χ4v) is 8.73. The summed E-state index contributed by atoms with van der Waals surface area (Å²) in [5, 5.41) is 45.9. The van der Waals surface area contributed by atoms with E-state index in [1.807, 2.05) is 46.7 Å². The number of aliphatic hydroxyl groups excluding tert-OH is 3. The van der Waals surface area contributed by atoms with Gasteiger partial charge in [-0.2, -0.15) is 0 Å². The molecule has 4 N–H and O–H groups in total. The monoisotopic (exact) mass is 715 g/mol. The lowest BCUT2D eigenvalue weighted by Crippen LogP contribution is -2.60. The molecule has 14 unspecified atom stereocenters. The Morgan fingerprint density at radius 1 is 0.960 bits per heavy atom. The number of ether oxygens (including phenoxy) is 7. The molecular formula is C37H65NO12. The van der Waals surface area contributed by atoms with Crippen LogP contribution in [0.1, 0.15) is 94.9 Å². The van der Waals surface area contributed by atoms with E-state index < -0.39 is 95.8 Å². The highest BCUT2D eigenvalue weighted by Crippen LogP contribution is 2.47. The summed E-state index contributed by atoms with van der Waals surface area (Å²) < 4.78 is 44.6. The Kier molecular flexibility index (Phi) is 12.8. The number of fused-ring (bicyclic) bond motifs is 2. The van der Waals surface area contributed by atoms with Gasteiger partial charge in [0.2, 0.25) is 0 Å². The van der Waals surface area contributed by atoms with Crippen molar-refractivity contribution in [1.82, 2.24) is 4.90 Å². The Bertz CT molecular complexity index is 1210. The highest BCUT2D eigenvalue weighted by Gasteiger charge is 2.56. The Labute approximate surface area is 298 Å². The zero-order valence-corrected chi connectivity index (χ0v) is 32.4. The first-order chi connectivity index (χ1) is 23.1. The van der Waals surface area contributed by atoms with E-state index in [0.29, 0.717) is 18.6 Å². The molecule has 4 aliphatic rings. The van der Waals surface area contributed by atoms with Crippen molar-refractivity contribution in [3.05, 3.63) is 11.3 Å². The van der Waals surface area contributed by atoms with Crippen LogP contribution in [0.3, 0.4) is 0 Å². The fourth-order valence-electron chi connectivity index (χ4n) is 8.73. The van der Waals surface area contributed by atoms with Crippen LogP contribution in [0, 0.1) is 17.8 Å². The lowest BCUT2D eigenvalue weighted by Gasteiger charge is -2.48. The van der Waals surface area contributed by atoms with Crippen molar-refractivity contribution in [1.29, 1.82) is 0 Å². The predicted molar refractivity (Wildman–Crippen MR) is 184 cm³/mol. The maximum atomic E-state index is 14.1. The number of hydrogen-bond donors (Lipinski definition) is 4. The first kappa shape index (κ1) is 41.4. The highest BCUT2D eigenvalue weighted by atomic mass is 16.7. The second-order valence-electron chi connectivity index (χ2n) is 16.3. The van der Waals surface area contributed by atoms with E-state index in [9.17, 15) is 25.2 Å². The number of methoxy groups -OCH3 is 1. The van der Waals surface area contributed by atoms with E-state index in [1.54, 1.807) is 34.6 Å². The Balaban J connectivity index is 1.84. The van der Waals surface area contributed by atoms with Crippen LogP contribution < -0.4 is 0 Å². The van der Waals surface area contributed by atoms with Gasteiger partial charge in [0.15, 0.2) is 12.6 Å². The summed E-state index contributed by atoms with van der Waals surface area (Å²) in [6.45, 7) is 18.0. The van der Waals surface area contributed by atoms with Gasteiger partial charge in [-0.25, -0.2) is 0 Å². The third-order valence-electron chi connectivity index (χ3n) is 12.0. The number of aliphatic hydroxyl groups is 4. The summed E-state index contributed by atoms with van der Waals surface area (Å²) >= 11 is 0. The van der Waals surface area contributed by atoms with Gasteiger partial charge in [0.1, 0.15) is 41.4 Å². The Morgan fingerprint density at radius 3 is 2.18 bits per heavy atom. The van der Waals surface area contributed by atoms with Gasteiger partial charge in [-0.3, -0.25) is 4.79 Å². The molecule has 4 aliphatic heterocycles. The minimum Gasteiger partial charge on any atom is -0.489 e. The molecule has 0 aromatic carbocycles. The van der Waals surface area contributed by atoms with Crippen LogP contribution in [0.4, 0.5) is 0 Å². The molecule has 0 aliphatic carbocycles. The van der Waals surface area contributed by atoms with Gasteiger partial charge >= 0.3 is 5.97 Å². The molecule has 0 aromatic rings. The van der Waals surface area contributed by atoms with Gasteiger partial charge in [0.05, 0.1) is 35.9 Å². The molecule has 3 fully saturated rings. The summed E-state index contributed by atoms with van der Waals surface area (Å²) in [6, 6.07) is -0.235. The highest BCUT2D eigenvalue weighted by molar-refractivity contribution is 5.73. The number of rotatable bonds is 7. The van der Waals surface area contributed by atoms with Crippen molar-refractivity contribution in [3.8, 4) is 0 Å². The van der Waals surface area contributed by atoms with Crippen LogP contribution in [0.25, 0.3) is 0 Å². The van der Waals surface area contributed by atoms with Gasteiger partial charge in [0, 0.05) is 37.8 Å². The molecule has 0 amide bonds. The number of carbonyl (C=O) groups is 1. The van der Waals surface area contributed by atoms with Crippen molar-refractivity contribution in [2.75, 3.05) is 21.2 Å². The quantitative estimate of drug-likeness (QED) is 0.285. The molecule has 4 rings (SSSR count). The van der Waals surface area contributed by atoms with E-state index in [4.69, 9.17) is 33.2 Å². The topological polar surface area (TPSA) is 166 Å². The molecule has 4 heterocycles. The normalized spacial score (nSPS) is 49.5. The lowest BCUT2D eigenvalue weighted by atomic mass is 9.78. The van der Waals surface area contributed by atoms with E-state index in [2.05, 4.69) is 0 Å². The standard InChI is InChI=1S/C37H65NO12/c1-14-25-37(10,43)30(40)20(4)28-18(2)16-36(9,50-28)32(49-34-27(39)24(38(11)12)15-19(3)45-34)21(5)29(22(6)33(42)47-25)48-26-17-35(8,44-13)31(41)23(7)46-26/h19-27,29-32,34,39-41,43H,14-17H2,1-13H3/t19?,20?,21?,22?,23?,24?,25?,26?,27?,29?,30?,31?,32?,34?,35-,36-,37-/m1/s1. The minimum absolute atomic E-state index is 0.173. The van der Waals surface area contributed by atoms with Crippen molar-refractivity contribution in [3.63, 3.8) is 0 Å². The average Bonchev–Trinajstić information content (AvgIpc) is 3.37. The zero-order valence-electron chi connectivity index (χ0n) is 32.4. The van der Waals surface area contributed by atoms with Crippen LogP contribution in [-0.2, 0) is 38.0 Å². The lowest BCUT2D eigenvalue weighted by molar-refractivity contribution is -0.316. The van der Waals surface area contributed by atoms with Crippen LogP contribution >= 0.6 is 0 Å². The first-order valence-electron chi connectivity index (χ1n) is 18.3. The van der Waals surface area contributed by atoms with E-state index in [1.165, 1.54) is 14.0 Å². The molecule has 290 valence electrons. The van der Waals surface area contributed by atoms with Gasteiger partial charge in [-0.15, -0.1) is 0 Å². The number of hydrogen-bond acceptors (Lipinski definition) is 13. The van der Waals surface area contributed by atoms with Gasteiger partial charge in [-0.05, 0) is 81.0 Å². The molecule has 0 radical (unpaired) electrons. The molecule has 50 heavy (non-hydrogen) atoms. The summed E-state index contributed by atoms with van der Waals surface area (Å²) in [5.41, 5.74) is -3.00. The Hall–Kier alpha value is -1.39. The fraction of sp³-hybridized carbons (Fsp3) is 0.919. The number of nitrogens with zero attached hydrogens (tertiary/aromatic N) is 1. The van der Waals surface area contributed by atoms with Crippen LogP contribution in [0.5, 0.6) is 0 Å². The Morgan fingerprint density at radius 2 is 1.60 bits per heavy atom. The second kappa shape index (κ2) is 15.5.